The number of thiazole rings is 1. The van der Waals surface area contributed by atoms with Gasteiger partial charge in [-0.25, -0.2) is 15.0 Å². The molecule has 0 aromatic carbocycles. The minimum Gasteiger partial charge on any atom is -0.370 e. The molecule has 6 heteroatoms. The lowest BCUT2D eigenvalue weighted by Gasteiger charge is -2.17. The summed E-state index contributed by atoms with van der Waals surface area (Å²) >= 11 is 1.65. The molecule has 1 unspecified atom stereocenters. The molecule has 0 aliphatic rings. The van der Waals surface area contributed by atoms with E-state index >= 15 is 0 Å². The van der Waals surface area contributed by atoms with Crippen LogP contribution >= 0.6 is 11.3 Å². The maximum Gasteiger partial charge on any atom is 0.135 e. The fourth-order valence-corrected chi connectivity index (χ4v) is 2.55. The van der Waals surface area contributed by atoms with Gasteiger partial charge >= 0.3 is 0 Å². The van der Waals surface area contributed by atoms with Crippen molar-refractivity contribution in [2.45, 2.75) is 33.2 Å². The predicted molar refractivity (Wildman–Crippen MR) is 79.7 cm³/mol. The second kappa shape index (κ2) is 6.47. The van der Waals surface area contributed by atoms with Gasteiger partial charge in [0.2, 0.25) is 0 Å². The van der Waals surface area contributed by atoms with E-state index in [1.807, 2.05) is 11.6 Å². The van der Waals surface area contributed by atoms with Crippen LogP contribution in [0, 0.1) is 0 Å². The first kappa shape index (κ1) is 13.7. The number of nitrogens with one attached hydrogen (secondary N) is 2. The van der Waals surface area contributed by atoms with Gasteiger partial charge in [0.25, 0.3) is 0 Å². The Labute approximate surface area is 117 Å². The highest BCUT2D eigenvalue weighted by Crippen LogP contribution is 2.25. The molecule has 5 nitrogen and oxygen atoms in total. The summed E-state index contributed by atoms with van der Waals surface area (Å²) in [5.74, 6) is 1.80. The van der Waals surface area contributed by atoms with Crippen LogP contribution in [0.4, 0.5) is 11.6 Å². The Morgan fingerprint density at radius 1 is 1.21 bits per heavy atom. The van der Waals surface area contributed by atoms with Gasteiger partial charge in [-0.3, -0.25) is 0 Å². The lowest BCUT2D eigenvalue weighted by molar-refractivity contribution is 0.850. The van der Waals surface area contributed by atoms with Crippen LogP contribution in [0.5, 0.6) is 0 Å². The van der Waals surface area contributed by atoms with E-state index in [4.69, 9.17) is 0 Å². The fourth-order valence-electron chi connectivity index (χ4n) is 1.91. The third kappa shape index (κ3) is 3.20. The number of rotatable bonds is 6. The van der Waals surface area contributed by atoms with Crippen LogP contribution in [-0.4, -0.2) is 21.5 Å². The van der Waals surface area contributed by atoms with Crippen LogP contribution in [-0.2, 0) is 6.42 Å². The van der Waals surface area contributed by atoms with E-state index in [2.05, 4.69) is 46.4 Å². The zero-order valence-corrected chi connectivity index (χ0v) is 12.3. The first-order chi connectivity index (χ1) is 9.26. The molecule has 0 saturated carbocycles. The molecular weight excluding hydrogens is 258 g/mol. The second-order valence-corrected chi connectivity index (χ2v) is 5.10. The number of nitrogens with zero attached hydrogens (tertiary/aromatic N) is 3. The van der Waals surface area contributed by atoms with Gasteiger partial charge in [-0.15, -0.1) is 11.3 Å². The average molecular weight is 277 g/mol. The molecule has 0 aliphatic carbocycles. The van der Waals surface area contributed by atoms with Gasteiger partial charge in [0.05, 0.1) is 6.04 Å². The normalized spacial score (nSPS) is 12.2. The number of hydrogen-bond acceptors (Lipinski definition) is 6. The summed E-state index contributed by atoms with van der Waals surface area (Å²) in [6, 6.07) is 0.148. The Bertz CT molecular complexity index is 512. The summed E-state index contributed by atoms with van der Waals surface area (Å²) in [5.41, 5.74) is 1.12. The summed E-state index contributed by atoms with van der Waals surface area (Å²) in [7, 11) is 0. The molecular formula is C13H19N5S. The molecule has 1 atom stereocenters. The zero-order chi connectivity index (χ0) is 13.7. The van der Waals surface area contributed by atoms with Crippen molar-refractivity contribution in [2.75, 3.05) is 17.2 Å². The Hall–Kier alpha value is -1.69. The van der Waals surface area contributed by atoms with Gasteiger partial charge in [-0.2, -0.15) is 0 Å². The molecule has 2 rings (SSSR count). The molecule has 0 aliphatic heterocycles. The van der Waals surface area contributed by atoms with E-state index in [1.165, 1.54) is 0 Å². The van der Waals surface area contributed by atoms with E-state index in [9.17, 15) is 0 Å². The van der Waals surface area contributed by atoms with Crippen molar-refractivity contribution < 1.29 is 0 Å². The Morgan fingerprint density at radius 2 is 2.00 bits per heavy atom. The highest BCUT2D eigenvalue weighted by Gasteiger charge is 2.13. The van der Waals surface area contributed by atoms with Gasteiger partial charge in [0, 0.05) is 23.7 Å². The van der Waals surface area contributed by atoms with Crippen molar-refractivity contribution in [2.24, 2.45) is 0 Å². The van der Waals surface area contributed by atoms with Crippen molar-refractivity contribution in [3.8, 4) is 0 Å². The first-order valence-corrected chi connectivity index (χ1v) is 7.37. The van der Waals surface area contributed by atoms with Gasteiger partial charge in [0.15, 0.2) is 0 Å². The van der Waals surface area contributed by atoms with Crippen molar-refractivity contribution in [3.05, 3.63) is 28.5 Å². The van der Waals surface area contributed by atoms with Crippen molar-refractivity contribution in [3.63, 3.8) is 0 Å². The summed E-state index contributed by atoms with van der Waals surface area (Å²) in [6.07, 6.45) is 4.30. The Morgan fingerprint density at radius 3 is 2.63 bits per heavy atom. The lowest BCUT2D eigenvalue weighted by atomic mass is 10.2. The number of hydrogen-bond donors (Lipinski definition) is 2. The molecule has 0 amide bonds. The number of anilines is 2. The molecule has 2 heterocycles. The summed E-state index contributed by atoms with van der Waals surface area (Å²) in [6.45, 7) is 7.12. The topological polar surface area (TPSA) is 62.7 Å². The van der Waals surface area contributed by atoms with Gasteiger partial charge in [-0.05, 0) is 20.3 Å². The molecule has 2 aromatic heterocycles. The van der Waals surface area contributed by atoms with Gasteiger partial charge < -0.3 is 10.6 Å². The van der Waals surface area contributed by atoms with Crippen LogP contribution in [0.25, 0.3) is 0 Å². The van der Waals surface area contributed by atoms with Gasteiger partial charge in [-0.1, -0.05) is 6.92 Å². The standard InChI is InChI=1S/C13H19N5S/c1-4-10-11(14-5-2)16-8-17-12(10)18-9(3)13-15-6-7-19-13/h6-9H,4-5H2,1-3H3,(H2,14,16,17,18). The molecule has 2 N–H and O–H groups in total. The van der Waals surface area contributed by atoms with Crippen LogP contribution in [0.1, 0.15) is 37.4 Å². The number of aromatic nitrogens is 3. The highest BCUT2D eigenvalue weighted by molar-refractivity contribution is 7.09. The monoisotopic (exact) mass is 277 g/mol. The molecule has 19 heavy (non-hydrogen) atoms. The second-order valence-electron chi connectivity index (χ2n) is 4.17. The SMILES string of the molecule is CCNc1ncnc(NC(C)c2nccs2)c1CC. The van der Waals surface area contributed by atoms with E-state index in [1.54, 1.807) is 17.7 Å². The quantitative estimate of drug-likeness (QED) is 0.849. The predicted octanol–water partition coefficient (Wildman–Crippen LogP) is 3.10. The van der Waals surface area contributed by atoms with Crippen molar-refractivity contribution in [1.29, 1.82) is 0 Å². The lowest BCUT2D eigenvalue weighted by Crippen LogP contribution is -2.12. The first-order valence-electron chi connectivity index (χ1n) is 6.49. The van der Waals surface area contributed by atoms with Crippen LogP contribution in [0.15, 0.2) is 17.9 Å². The Kier molecular flexibility index (Phi) is 4.68. The third-order valence-corrected chi connectivity index (χ3v) is 3.78. The highest BCUT2D eigenvalue weighted by atomic mass is 32.1. The van der Waals surface area contributed by atoms with Crippen LogP contribution in [0.3, 0.4) is 0 Å². The summed E-state index contributed by atoms with van der Waals surface area (Å²) in [4.78, 5) is 13.0. The van der Waals surface area contributed by atoms with E-state index in [-0.39, 0.29) is 6.04 Å². The average Bonchev–Trinajstić information content (AvgIpc) is 2.93. The fraction of sp³-hybridized carbons (Fsp3) is 0.462. The maximum atomic E-state index is 4.36. The summed E-state index contributed by atoms with van der Waals surface area (Å²) in [5, 5.41) is 9.74. The third-order valence-electron chi connectivity index (χ3n) is 2.82. The minimum atomic E-state index is 0.148. The van der Waals surface area contributed by atoms with E-state index < -0.39 is 0 Å². The minimum absolute atomic E-state index is 0.148. The van der Waals surface area contributed by atoms with Crippen molar-refractivity contribution in [1.82, 2.24) is 15.0 Å². The summed E-state index contributed by atoms with van der Waals surface area (Å²) < 4.78 is 0. The van der Waals surface area contributed by atoms with Gasteiger partial charge in [0.1, 0.15) is 23.0 Å². The molecule has 102 valence electrons. The molecule has 0 saturated heterocycles. The van der Waals surface area contributed by atoms with E-state index in [0.717, 1.165) is 35.2 Å². The van der Waals surface area contributed by atoms with Crippen LogP contribution < -0.4 is 10.6 Å². The molecule has 2 aromatic rings. The zero-order valence-electron chi connectivity index (χ0n) is 11.5. The van der Waals surface area contributed by atoms with Crippen LogP contribution in [0.2, 0.25) is 0 Å². The molecule has 0 bridgehead atoms. The molecule has 0 radical (unpaired) electrons. The largest absolute Gasteiger partial charge is 0.370 e. The molecule has 0 spiro atoms. The smallest absolute Gasteiger partial charge is 0.135 e. The molecule has 0 fully saturated rings. The Balaban J connectivity index is 2.22. The maximum absolute atomic E-state index is 4.36. The van der Waals surface area contributed by atoms with E-state index in [0.29, 0.717) is 0 Å². The van der Waals surface area contributed by atoms with Crippen molar-refractivity contribution >= 4 is 23.0 Å².